The normalized spacial score (nSPS) is 15.5. The van der Waals surface area contributed by atoms with Gasteiger partial charge in [0, 0.05) is 11.8 Å². The van der Waals surface area contributed by atoms with Crippen molar-refractivity contribution in [3.05, 3.63) is 23.8 Å². The highest BCUT2D eigenvalue weighted by Gasteiger charge is 2.36. The Bertz CT molecular complexity index is 967. The van der Waals surface area contributed by atoms with Gasteiger partial charge < -0.3 is 39.3 Å². The summed E-state index contributed by atoms with van der Waals surface area (Å²) in [6.45, 7) is 12.3. The van der Waals surface area contributed by atoms with Crippen LogP contribution in [-0.2, 0) is 23.7 Å². The Morgan fingerprint density at radius 2 is 1.36 bits per heavy atom. The number of carbonyl (C=O) groups excluding carboxylic acids is 3. The van der Waals surface area contributed by atoms with E-state index >= 15 is 0 Å². The second-order valence-corrected chi connectivity index (χ2v) is 9.25. The molecule has 1 aromatic carbocycles. The average Bonchev–Trinajstić information content (AvgIpc) is 2.88. The third kappa shape index (κ3) is 11.0. The minimum atomic E-state index is -1.43. The number of carboxylic acid groups (broad SMARTS) is 1. The monoisotopic (exact) mass is 555 g/mol. The number of aliphatic carboxylic acids is 1. The number of benzene rings is 1. The summed E-state index contributed by atoms with van der Waals surface area (Å²) in [7, 11) is 0. The molecule has 0 heterocycles. The van der Waals surface area contributed by atoms with Crippen molar-refractivity contribution < 1.29 is 52.7 Å². The quantitative estimate of drug-likeness (QED) is 0.170. The predicted octanol–water partition coefficient (Wildman–Crippen LogP) is 5.40. The molecule has 220 valence electrons. The van der Waals surface area contributed by atoms with E-state index in [1.54, 1.807) is 27.7 Å². The summed E-state index contributed by atoms with van der Waals surface area (Å²) in [6.07, 6.45) is -2.93. The van der Waals surface area contributed by atoms with Gasteiger partial charge in [0.15, 0.2) is 11.5 Å². The fourth-order valence-electron chi connectivity index (χ4n) is 3.38. The molecule has 0 fully saturated rings. The van der Waals surface area contributed by atoms with Crippen LogP contribution in [0.15, 0.2) is 18.2 Å². The van der Waals surface area contributed by atoms with Gasteiger partial charge in [-0.3, -0.25) is 4.79 Å². The van der Waals surface area contributed by atoms with Crippen LogP contribution < -0.4 is 15.2 Å². The van der Waals surface area contributed by atoms with E-state index in [0.717, 1.165) is 0 Å². The lowest BCUT2D eigenvalue weighted by Crippen LogP contribution is -2.42. The van der Waals surface area contributed by atoms with Gasteiger partial charge in [-0.05, 0) is 57.7 Å². The van der Waals surface area contributed by atoms with Gasteiger partial charge in [0.25, 0.3) is 0 Å². The highest BCUT2D eigenvalue weighted by atomic mass is 16.8. The number of nitrogens with two attached hydrogens (primary N) is 1. The molecule has 3 N–H and O–H groups in total. The van der Waals surface area contributed by atoms with Crippen molar-refractivity contribution >= 4 is 24.4 Å². The third-order valence-corrected chi connectivity index (χ3v) is 6.17. The molecule has 0 amide bonds. The predicted molar refractivity (Wildman–Crippen MR) is 140 cm³/mol. The van der Waals surface area contributed by atoms with E-state index in [1.807, 2.05) is 20.8 Å². The van der Waals surface area contributed by atoms with Gasteiger partial charge >= 0.3 is 24.4 Å². The molecule has 0 aromatic heterocycles. The standard InChI is InChI=1S/C27H41NO11/c1-8-13-34-25(31)37-18(7)17(6)22(23(28)24(29)30)19-11-12-20(38-26(32)35-15(4)9-2)21(14-19)39-27(33)36-16(5)10-3/h11-12,14-18,22-23H,8-10,13,28H2,1-7H3,(H,29,30)/t15?,16?,17?,18?,22?,23-/m0/s1. The van der Waals surface area contributed by atoms with Crippen LogP contribution >= 0.6 is 0 Å². The van der Waals surface area contributed by atoms with Crippen molar-refractivity contribution in [3.63, 3.8) is 0 Å². The molecule has 0 bridgehead atoms. The van der Waals surface area contributed by atoms with Crippen molar-refractivity contribution in [2.75, 3.05) is 6.61 Å². The molecule has 0 saturated carbocycles. The van der Waals surface area contributed by atoms with Crippen LogP contribution in [0, 0.1) is 5.92 Å². The fourth-order valence-corrected chi connectivity index (χ4v) is 3.38. The molecular formula is C27H41NO11. The molecule has 0 radical (unpaired) electrons. The van der Waals surface area contributed by atoms with Crippen molar-refractivity contribution in [1.29, 1.82) is 0 Å². The Hall–Kier alpha value is -3.54. The molecule has 1 rings (SSSR count). The molecule has 12 heteroatoms. The molecule has 5 unspecified atom stereocenters. The summed E-state index contributed by atoms with van der Waals surface area (Å²) in [5.74, 6) is -3.23. The smallest absolute Gasteiger partial charge is 0.480 e. The lowest BCUT2D eigenvalue weighted by Gasteiger charge is -2.31. The van der Waals surface area contributed by atoms with Crippen LogP contribution in [0.4, 0.5) is 14.4 Å². The SMILES string of the molecule is CCCOC(=O)OC(C)C(C)C(c1ccc(OC(=O)OC(C)CC)c(OC(=O)OC(C)CC)c1)[C@H](N)C(=O)O. The molecule has 0 aliphatic rings. The number of hydrogen-bond acceptors (Lipinski definition) is 11. The van der Waals surface area contributed by atoms with Crippen molar-refractivity contribution in [2.24, 2.45) is 11.7 Å². The summed E-state index contributed by atoms with van der Waals surface area (Å²) in [4.78, 5) is 48.6. The zero-order valence-electron chi connectivity index (χ0n) is 23.6. The minimum absolute atomic E-state index is 0.157. The average molecular weight is 556 g/mol. The van der Waals surface area contributed by atoms with E-state index in [0.29, 0.717) is 24.8 Å². The minimum Gasteiger partial charge on any atom is -0.480 e. The Kier molecular flexibility index (Phi) is 14.1. The van der Waals surface area contributed by atoms with Gasteiger partial charge in [0.05, 0.1) is 6.61 Å². The van der Waals surface area contributed by atoms with E-state index in [1.165, 1.54) is 18.2 Å². The fraction of sp³-hybridized carbons (Fsp3) is 0.630. The van der Waals surface area contributed by atoms with E-state index in [9.17, 15) is 24.3 Å². The summed E-state index contributed by atoms with van der Waals surface area (Å²) < 4.78 is 31.2. The number of ether oxygens (including phenoxy) is 6. The lowest BCUT2D eigenvalue weighted by atomic mass is 9.79. The van der Waals surface area contributed by atoms with Gasteiger partial charge in [-0.15, -0.1) is 0 Å². The number of carbonyl (C=O) groups is 4. The van der Waals surface area contributed by atoms with Crippen LogP contribution in [0.5, 0.6) is 11.5 Å². The first-order valence-electron chi connectivity index (χ1n) is 13.1. The molecule has 0 saturated heterocycles. The molecule has 12 nitrogen and oxygen atoms in total. The van der Waals surface area contributed by atoms with Crippen LogP contribution in [0.2, 0.25) is 0 Å². The third-order valence-electron chi connectivity index (χ3n) is 6.17. The Morgan fingerprint density at radius 1 is 0.821 bits per heavy atom. The van der Waals surface area contributed by atoms with E-state index in [-0.39, 0.29) is 18.1 Å². The van der Waals surface area contributed by atoms with Gasteiger partial charge in [0.2, 0.25) is 0 Å². The maximum absolute atomic E-state index is 12.4. The van der Waals surface area contributed by atoms with Crippen molar-refractivity contribution in [2.45, 2.75) is 98.0 Å². The zero-order chi connectivity index (χ0) is 29.7. The highest BCUT2D eigenvalue weighted by molar-refractivity contribution is 5.75. The number of hydrogen-bond donors (Lipinski definition) is 2. The first kappa shape index (κ1) is 33.5. The van der Waals surface area contributed by atoms with Crippen LogP contribution in [-0.4, -0.2) is 60.5 Å². The highest BCUT2D eigenvalue weighted by Crippen LogP contribution is 2.37. The van der Waals surface area contributed by atoms with Crippen molar-refractivity contribution in [1.82, 2.24) is 0 Å². The Balaban J connectivity index is 3.42. The summed E-state index contributed by atoms with van der Waals surface area (Å²) in [5, 5.41) is 9.72. The molecule has 0 aliphatic heterocycles. The number of rotatable bonds is 14. The van der Waals surface area contributed by atoms with Crippen molar-refractivity contribution in [3.8, 4) is 11.5 Å². The molecular weight excluding hydrogens is 514 g/mol. The Morgan fingerprint density at radius 3 is 1.85 bits per heavy atom. The number of carboxylic acids is 1. The first-order valence-corrected chi connectivity index (χ1v) is 13.1. The first-order chi connectivity index (χ1) is 18.3. The van der Waals surface area contributed by atoms with Gasteiger partial charge in [-0.25, -0.2) is 14.4 Å². The van der Waals surface area contributed by atoms with E-state index in [4.69, 9.17) is 34.2 Å². The van der Waals surface area contributed by atoms with Crippen LogP contribution in [0.1, 0.15) is 79.2 Å². The Labute approximate surface area is 229 Å². The van der Waals surface area contributed by atoms with Crippen LogP contribution in [0.25, 0.3) is 0 Å². The molecule has 0 aliphatic carbocycles. The molecule has 1 aromatic rings. The van der Waals surface area contributed by atoms with E-state index in [2.05, 4.69) is 0 Å². The largest absolute Gasteiger partial charge is 0.514 e. The van der Waals surface area contributed by atoms with Crippen LogP contribution in [0.3, 0.4) is 0 Å². The zero-order valence-corrected chi connectivity index (χ0v) is 23.6. The molecule has 6 atom stereocenters. The summed E-state index contributed by atoms with van der Waals surface area (Å²) in [6, 6.07) is 2.70. The lowest BCUT2D eigenvalue weighted by molar-refractivity contribution is -0.139. The molecule has 39 heavy (non-hydrogen) atoms. The maximum atomic E-state index is 12.4. The maximum Gasteiger partial charge on any atom is 0.514 e. The van der Waals surface area contributed by atoms with Gasteiger partial charge in [-0.2, -0.15) is 0 Å². The summed E-state index contributed by atoms with van der Waals surface area (Å²) >= 11 is 0. The second kappa shape index (κ2) is 16.4. The van der Waals surface area contributed by atoms with E-state index < -0.39 is 60.6 Å². The summed E-state index contributed by atoms with van der Waals surface area (Å²) in [5.41, 5.74) is 6.38. The topological polar surface area (TPSA) is 170 Å². The van der Waals surface area contributed by atoms with Gasteiger partial charge in [0.1, 0.15) is 24.4 Å². The molecule has 0 spiro atoms. The van der Waals surface area contributed by atoms with Gasteiger partial charge in [-0.1, -0.05) is 33.8 Å². The second-order valence-electron chi connectivity index (χ2n) is 9.25.